The molecule has 0 saturated heterocycles. The number of aliphatic hydroxyl groups is 1. The standard InChI is InChI=1S/C11H13FO3S/c12-9-3-1-4-10(7-9)16(14,15)11(8-13)5-2-6-11/h1,3-4,7,13H,2,5-6,8H2. The summed E-state index contributed by atoms with van der Waals surface area (Å²) in [6, 6.07) is 4.94. The summed E-state index contributed by atoms with van der Waals surface area (Å²) >= 11 is 0. The third-order valence-electron chi connectivity index (χ3n) is 3.23. The van der Waals surface area contributed by atoms with Gasteiger partial charge in [-0.25, -0.2) is 12.8 Å². The second-order valence-electron chi connectivity index (χ2n) is 4.16. The van der Waals surface area contributed by atoms with E-state index in [1.807, 2.05) is 0 Å². The van der Waals surface area contributed by atoms with Crippen LogP contribution in [0.2, 0.25) is 0 Å². The lowest BCUT2D eigenvalue weighted by Crippen LogP contribution is -2.48. The quantitative estimate of drug-likeness (QED) is 0.877. The molecular formula is C11H13FO3S. The van der Waals surface area contributed by atoms with Gasteiger partial charge < -0.3 is 5.11 Å². The van der Waals surface area contributed by atoms with E-state index in [0.29, 0.717) is 12.8 Å². The normalized spacial score (nSPS) is 19.1. The van der Waals surface area contributed by atoms with Crippen molar-refractivity contribution in [2.45, 2.75) is 28.9 Å². The third kappa shape index (κ3) is 1.55. The van der Waals surface area contributed by atoms with Crippen LogP contribution in [-0.4, -0.2) is 24.9 Å². The van der Waals surface area contributed by atoms with Crippen LogP contribution in [0.25, 0.3) is 0 Å². The Kier molecular flexibility index (Phi) is 2.75. The first-order valence-electron chi connectivity index (χ1n) is 5.13. The van der Waals surface area contributed by atoms with Crippen molar-refractivity contribution in [2.24, 2.45) is 0 Å². The smallest absolute Gasteiger partial charge is 0.186 e. The van der Waals surface area contributed by atoms with Crippen LogP contribution in [0.1, 0.15) is 19.3 Å². The Hall–Kier alpha value is -0.940. The zero-order valence-corrected chi connectivity index (χ0v) is 9.50. The highest BCUT2D eigenvalue weighted by Crippen LogP contribution is 2.42. The van der Waals surface area contributed by atoms with E-state index in [-0.39, 0.29) is 4.90 Å². The second kappa shape index (κ2) is 3.82. The number of benzene rings is 1. The highest BCUT2D eigenvalue weighted by Gasteiger charge is 2.49. The molecule has 0 spiro atoms. The van der Waals surface area contributed by atoms with Crippen molar-refractivity contribution in [1.82, 2.24) is 0 Å². The third-order valence-corrected chi connectivity index (χ3v) is 5.78. The number of rotatable bonds is 3. The summed E-state index contributed by atoms with van der Waals surface area (Å²) < 4.78 is 36.3. The first-order valence-corrected chi connectivity index (χ1v) is 6.61. The fourth-order valence-corrected chi connectivity index (χ4v) is 3.99. The Bertz CT molecular complexity index is 486. The highest BCUT2D eigenvalue weighted by atomic mass is 32.2. The average molecular weight is 244 g/mol. The maximum Gasteiger partial charge on any atom is 0.186 e. The lowest BCUT2D eigenvalue weighted by molar-refractivity contribution is 0.181. The lowest BCUT2D eigenvalue weighted by atomic mass is 9.85. The molecule has 1 aromatic rings. The molecule has 0 atom stereocenters. The van der Waals surface area contributed by atoms with Gasteiger partial charge in [0.15, 0.2) is 9.84 Å². The molecule has 88 valence electrons. The number of halogens is 1. The molecule has 2 rings (SSSR count). The molecule has 0 aliphatic heterocycles. The number of sulfone groups is 1. The van der Waals surface area contributed by atoms with Crippen molar-refractivity contribution in [3.8, 4) is 0 Å². The number of hydrogen-bond acceptors (Lipinski definition) is 3. The van der Waals surface area contributed by atoms with E-state index in [2.05, 4.69) is 0 Å². The molecule has 5 heteroatoms. The predicted molar refractivity (Wildman–Crippen MR) is 57.3 cm³/mol. The molecular weight excluding hydrogens is 231 g/mol. The minimum Gasteiger partial charge on any atom is -0.395 e. The predicted octanol–water partition coefficient (Wildman–Crippen LogP) is 1.51. The monoisotopic (exact) mass is 244 g/mol. The van der Waals surface area contributed by atoms with Gasteiger partial charge in [0, 0.05) is 0 Å². The number of aliphatic hydroxyl groups excluding tert-OH is 1. The minimum absolute atomic E-state index is 0.0405. The molecule has 3 nitrogen and oxygen atoms in total. The Morgan fingerprint density at radius 1 is 1.38 bits per heavy atom. The Labute approximate surface area is 93.8 Å². The van der Waals surface area contributed by atoms with Crippen LogP contribution >= 0.6 is 0 Å². The van der Waals surface area contributed by atoms with Crippen LogP contribution < -0.4 is 0 Å². The first-order chi connectivity index (χ1) is 7.52. The van der Waals surface area contributed by atoms with Crippen LogP contribution in [-0.2, 0) is 9.84 Å². The largest absolute Gasteiger partial charge is 0.395 e. The van der Waals surface area contributed by atoms with Gasteiger partial charge in [0.25, 0.3) is 0 Å². The molecule has 0 unspecified atom stereocenters. The van der Waals surface area contributed by atoms with E-state index >= 15 is 0 Å². The van der Waals surface area contributed by atoms with Crippen molar-refractivity contribution in [3.05, 3.63) is 30.1 Å². The van der Waals surface area contributed by atoms with Gasteiger partial charge >= 0.3 is 0 Å². The molecule has 1 fully saturated rings. The Morgan fingerprint density at radius 2 is 2.06 bits per heavy atom. The highest BCUT2D eigenvalue weighted by molar-refractivity contribution is 7.93. The molecule has 1 aliphatic carbocycles. The molecule has 16 heavy (non-hydrogen) atoms. The Balaban J connectivity index is 2.47. The van der Waals surface area contributed by atoms with Crippen molar-refractivity contribution >= 4 is 9.84 Å². The van der Waals surface area contributed by atoms with Crippen molar-refractivity contribution in [3.63, 3.8) is 0 Å². The summed E-state index contributed by atoms with van der Waals surface area (Å²) in [4.78, 5) is -0.0405. The van der Waals surface area contributed by atoms with Crippen molar-refractivity contribution in [1.29, 1.82) is 0 Å². The SMILES string of the molecule is O=S(=O)(c1cccc(F)c1)C1(CO)CCC1. The van der Waals surface area contributed by atoms with Gasteiger partial charge in [-0.15, -0.1) is 0 Å². The zero-order valence-electron chi connectivity index (χ0n) is 8.69. The van der Waals surface area contributed by atoms with Gasteiger partial charge in [-0.3, -0.25) is 0 Å². The van der Waals surface area contributed by atoms with Crippen LogP contribution in [0, 0.1) is 5.82 Å². The lowest BCUT2D eigenvalue weighted by Gasteiger charge is -2.39. The van der Waals surface area contributed by atoms with E-state index in [9.17, 15) is 17.9 Å². The molecule has 1 aliphatic rings. The van der Waals surface area contributed by atoms with Crippen LogP contribution in [0.15, 0.2) is 29.2 Å². The molecule has 0 radical (unpaired) electrons. The van der Waals surface area contributed by atoms with Gasteiger partial charge in [0.1, 0.15) is 5.82 Å². The topological polar surface area (TPSA) is 54.4 Å². The van der Waals surface area contributed by atoms with Gasteiger partial charge in [0.05, 0.1) is 16.2 Å². The maximum absolute atomic E-state index is 13.0. The van der Waals surface area contributed by atoms with Crippen LogP contribution in [0.4, 0.5) is 4.39 Å². The molecule has 0 aromatic heterocycles. The fraction of sp³-hybridized carbons (Fsp3) is 0.455. The molecule has 1 aromatic carbocycles. The van der Waals surface area contributed by atoms with Gasteiger partial charge in [-0.05, 0) is 31.0 Å². The van der Waals surface area contributed by atoms with Crippen molar-refractivity contribution < 1.29 is 17.9 Å². The molecule has 1 N–H and O–H groups in total. The van der Waals surface area contributed by atoms with Crippen molar-refractivity contribution in [2.75, 3.05) is 6.61 Å². The number of hydrogen-bond donors (Lipinski definition) is 1. The van der Waals surface area contributed by atoms with Gasteiger partial charge in [-0.2, -0.15) is 0 Å². The zero-order chi connectivity index (χ0) is 11.8. The van der Waals surface area contributed by atoms with Crippen LogP contribution in [0.3, 0.4) is 0 Å². The summed E-state index contributed by atoms with van der Waals surface area (Å²) in [5.41, 5.74) is 0. The second-order valence-corrected chi connectivity index (χ2v) is 6.50. The van der Waals surface area contributed by atoms with E-state index < -0.39 is 27.0 Å². The van der Waals surface area contributed by atoms with E-state index in [4.69, 9.17) is 0 Å². The first kappa shape index (κ1) is 11.5. The van der Waals surface area contributed by atoms with E-state index in [0.717, 1.165) is 12.5 Å². The van der Waals surface area contributed by atoms with E-state index in [1.54, 1.807) is 0 Å². The minimum atomic E-state index is -3.63. The van der Waals surface area contributed by atoms with Gasteiger partial charge in [0.2, 0.25) is 0 Å². The summed E-state index contributed by atoms with van der Waals surface area (Å²) in [5, 5.41) is 9.23. The summed E-state index contributed by atoms with van der Waals surface area (Å²) in [6.07, 6.45) is 1.68. The fourth-order valence-electron chi connectivity index (χ4n) is 1.97. The van der Waals surface area contributed by atoms with E-state index in [1.165, 1.54) is 18.2 Å². The Morgan fingerprint density at radius 3 is 2.50 bits per heavy atom. The summed E-state index contributed by atoms with van der Waals surface area (Å²) in [5.74, 6) is -0.575. The molecule has 0 bridgehead atoms. The van der Waals surface area contributed by atoms with Gasteiger partial charge in [-0.1, -0.05) is 12.5 Å². The average Bonchev–Trinajstić information content (AvgIpc) is 2.16. The molecule has 0 heterocycles. The molecule has 1 saturated carbocycles. The molecule has 0 amide bonds. The van der Waals surface area contributed by atoms with Crippen LogP contribution in [0.5, 0.6) is 0 Å². The maximum atomic E-state index is 13.0. The summed E-state index contributed by atoms with van der Waals surface area (Å²) in [6.45, 7) is -0.397. The summed E-state index contributed by atoms with van der Waals surface area (Å²) in [7, 11) is -3.63.